The van der Waals surface area contributed by atoms with Gasteiger partial charge in [-0.25, -0.2) is 19.3 Å². The maximum Gasteiger partial charge on any atom is 0.209 e. The first kappa shape index (κ1) is 20.0. The van der Waals surface area contributed by atoms with Crippen LogP contribution >= 0.6 is 0 Å². The highest BCUT2D eigenvalue weighted by molar-refractivity contribution is 5.87. The van der Waals surface area contributed by atoms with Gasteiger partial charge < -0.3 is 15.0 Å². The van der Waals surface area contributed by atoms with Crippen molar-refractivity contribution in [2.45, 2.75) is 63.0 Å². The number of benzene rings is 1. The molecule has 0 spiro atoms. The highest BCUT2D eigenvalue weighted by Crippen LogP contribution is 2.30. The average molecular weight is 420 g/mol. The number of aromatic nitrogens is 4. The molecule has 2 saturated carbocycles. The summed E-state index contributed by atoms with van der Waals surface area (Å²) in [5.41, 5.74) is 1.02. The Balaban J connectivity index is 1.62. The van der Waals surface area contributed by atoms with Gasteiger partial charge in [-0.05, 0) is 56.6 Å². The zero-order valence-corrected chi connectivity index (χ0v) is 17.7. The standard InChI is InChI=1S/C24H26FN5O/c1-30-22(16-7-6-8-17(25)15-16)29-20-21(26-18-9-2-3-10-18)27-19(28-23(20)30)11-14-24(31)12-4-5-13-24/h6-8,15,18,31H,2-5,9-10,12-13H2,1H3,(H,26,27,28). The molecule has 31 heavy (non-hydrogen) atoms. The van der Waals surface area contributed by atoms with Crippen LogP contribution in [0.5, 0.6) is 0 Å². The molecule has 6 nitrogen and oxygen atoms in total. The third-order valence-electron chi connectivity index (χ3n) is 6.34. The van der Waals surface area contributed by atoms with Crippen molar-refractivity contribution in [2.75, 3.05) is 5.32 Å². The average Bonchev–Trinajstić information content (AvgIpc) is 3.49. The minimum Gasteiger partial charge on any atom is -0.378 e. The molecule has 2 heterocycles. The first-order valence-electron chi connectivity index (χ1n) is 11.0. The van der Waals surface area contributed by atoms with E-state index in [-0.39, 0.29) is 5.82 Å². The van der Waals surface area contributed by atoms with Crippen LogP contribution in [0.3, 0.4) is 0 Å². The Hall–Kier alpha value is -2.98. The van der Waals surface area contributed by atoms with Crippen LogP contribution in [-0.2, 0) is 7.05 Å². The fourth-order valence-corrected chi connectivity index (χ4v) is 4.62. The Morgan fingerprint density at radius 2 is 1.90 bits per heavy atom. The number of imidazole rings is 1. The number of fused-ring (bicyclic) bond motifs is 1. The highest BCUT2D eigenvalue weighted by Gasteiger charge is 2.29. The number of aliphatic hydroxyl groups is 1. The maximum absolute atomic E-state index is 13.8. The van der Waals surface area contributed by atoms with E-state index < -0.39 is 5.60 Å². The topological polar surface area (TPSA) is 75.9 Å². The van der Waals surface area contributed by atoms with Gasteiger partial charge in [-0.15, -0.1) is 0 Å². The van der Waals surface area contributed by atoms with E-state index in [1.807, 2.05) is 17.7 Å². The molecule has 2 aromatic heterocycles. The first-order chi connectivity index (χ1) is 15.0. The predicted molar refractivity (Wildman–Crippen MR) is 118 cm³/mol. The van der Waals surface area contributed by atoms with Crippen LogP contribution in [0.15, 0.2) is 24.3 Å². The molecule has 0 radical (unpaired) electrons. The molecule has 5 rings (SSSR count). The Morgan fingerprint density at radius 1 is 1.13 bits per heavy atom. The summed E-state index contributed by atoms with van der Waals surface area (Å²) in [6.45, 7) is 0. The Kier molecular flexibility index (Phi) is 5.11. The largest absolute Gasteiger partial charge is 0.378 e. The van der Waals surface area contributed by atoms with Gasteiger partial charge in [0.1, 0.15) is 17.2 Å². The molecule has 0 bridgehead atoms. The molecular formula is C24H26FN5O. The molecule has 0 amide bonds. The number of halogens is 1. The second kappa shape index (κ2) is 7.93. The minimum atomic E-state index is -0.948. The molecule has 0 unspecified atom stereocenters. The summed E-state index contributed by atoms with van der Waals surface area (Å²) in [5, 5.41) is 14.1. The van der Waals surface area contributed by atoms with Gasteiger partial charge in [0.25, 0.3) is 0 Å². The summed E-state index contributed by atoms with van der Waals surface area (Å²) in [7, 11) is 1.86. The molecule has 160 valence electrons. The van der Waals surface area contributed by atoms with Gasteiger partial charge in [0.15, 0.2) is 17.0 Å². The first-order valence-corrected chi connectivity index (χ1v) is 11.0. The van der Waals surface area contributed by atoms with Crippen LogP contribution in [0, 0.1) is 17.7 Å². The zero-order valence-electron chi connectivity index (χ0n) is 17.7. The Labute approximate surface area is 180 Å². The zero-order chi connectivity index (χ0) is 21.4. The van der Waals surface area contributed by atoms with Crippen molar-refractivity contribution in [3.8, 4) is 23.2 Å². The van der Waals surface area contributed by atoms with E-state index in [4.69, 9.17) is 4.98 Å². The second-order valence-electron chi connectivity index (χ2n) is 8.69. The molecule has 7 heteroatoms. The van der Waals surface area contributed by atoms with Gasteiger partial charge in [0, 0.05) is 18.7 Å². The molecular weight excluding hydrogens is 393 g/mol. The van der Waals surface area contributed by atoms with Gasteiger partial charge in [-0.1, -0.05) is 30.9 Å². The van der Waals surface area contributed by atoms with Crippen molar-refractivity contribution in [3.05, 3.63) is 35.9 Å². The van der Waals surface area contributed by atoms with Crippen LogP contribution in [0.4, 0.5) is 10.2 Å². The number of nitrogens with one attached hydrogen (secondary N) is 1. The molecule has 2 N–H and O–H groups in total. The summed E-state index contributed by atoms with van der Waals surface area (Å²) in [5.74, 6) is 7.33. The van der Waals surface area contributed by atoms with Gasteiger partial charge in [0.05, 0.1) is 0 Å². The molecule has 2 aliphatic carbocycles. The van der Waals surface area contributed by atoms with Crippen molar-refractivity contribution in [1.82, 2.24) is 19.5 Å². The van der Waals surface area contributed by atoms with Crippen LogP contribution in [0.25, 0.3) is 22.6 Å². The van der Waals surface area contributed by atoms with E-state index in [2.05, 4.69) is 27.1 Å². The number of rotatable bonds is 3. The lowest BCUT2D eigenvalue weighted by Crippen LogP contribution is -2.21. The van der Waals surface area contributed by atoms with E-state index in [0.717, 1.165) is 25.7 Å². The smallest absolute Gasteiger partial charge is 0.209 e. The van der Waals surface area contributed by atoms with Gasteiger partial charge in [-0.3, -0.25) is 0 Å². The summed E-state index contributed by atoms with van der Waals surface area (Å²) < 4.78 is 15.7. The number of nitrogens with zero attached hydrogens (tertiary/aromatic N) is 4. The lowest BCUT2D eigenvalue weighted by Gasteiger charge is -2.14. The van der Waals surface area contributed by atoms with Crippen molar-refractivity contribution in [2.24, 2.45) is 7.05 Å². The maximum atomic E-state index is 13.8. The third-order valence-corrected chi connectivity index (χ3v) is 6.34. The fraction of sp³-hybridized carbons (Fsp3) is 0.458. The van der Waals surface area contributed by atoms with Crippen LogP contribution < -0.4 is 5.32 Å². The molecule has 0 aliphatic heterocycles. The highest BCUT2D eigenvalue weighted by atomic mass is 19.1. The monoisotopic (exact) mass is 419 g/mol. The second-order valence-corrected chi connectivity index (χ2v) is 8.69. The quantitative estimate of drug-likeness (QED) is 0.623. The fourth-order valence-electron chi connectivity index (χ4n) is 4.62. The molecule has 2 fully saturated rings. The Bertz CT molecular complexity index is 1180. The van der Waals surface area contributed by atoms with Crippen LogP contribution in [0.1, 0.15) is 57.2 Å². The summed E-state index contributed by atoms with van der Waals surface area (Å²) in [6, 6.07) is 6.73. The predicted octanol–water partition coefficient (Wildman–Crippen LogP) is 4.18. The van der Waals surface area contributed by atoms with Crippen molar-refractivity contribution in [3.63, 3.8) is 0 Å². The van der Waals surface area contributed by atoms with Crippen LogP contribution in [-0.4, -0.2) is 36.3 Å². The molecule has 0 saturated heterocycles. The van der Waals surface area contributed by atoms with Gasteiger partial charge in [-0.2, -0.15) is 0 Å². The van der Waals surface area contributed by atoms with E-state index in [1.165, 1.54) is 25.0 Å². The van der Waals surface area contributed by atoms with E-state index in [9.17, 15) is 9.50 Å². The summed E-state index contributed by atoms with van der Waals surface area (Å²) in [6.07, 6.45) is 7.92. The van der Waals surface area contributed by atoms with Crippen molar-refractivity contribution in [1.29, 1.82) is 0 Å². The van der Waals surface area contributed by atoms with E-state index in [1.54, 1.807) is 6.07 Å². The minimum absolute atomic E-state index is 0.309. The van der Waals surface area contributed by atoms with Crippen molar-refractivity contribution >= 4 is 17.0 Å². The number of anilines is 1. The van der Waals surface area contributed by atoms with Crippen molar-refractivity contribution < 1.29 is 9.50 Å². The SMILES string of the molecule is Cn1c(-c2cccc(F)c2)nc2c(NC3CCCC3)nc(C#CC3(O)CCCC3)nc21. The molecule has 3 aromatic rings. The van der Waals surface area contributed by atoms with Crippen LogP contribution in [0.2, 0.25) is 0 Å². The summed E-state index contributed by atoms with van der Waals surface area (Å²) in [4.78, 5) is 14.1. The van der Waals surface area contributed by atoms with Gasteiger partial charge in [0.2, 0.25) is 5.82 Å². The normalized spacial score (nSPS) is 18.3. The number of hydrogen-bond donors (Lipinski definition) is 2. The lowest BCUT2D eigenvalue weighted by atomic mass is 10.0. The van der Waals surface area contributed by atoms with E-state index in [0.29, 0.717) is 53.1 Å². The Morgan fingerprint density at radius 3 is 2.65 bits per heavy atom. The lowest BCUT2D eigenvalue weighted by molar-refractivity contribution is 0.110. The van der Waals surface area contributed by atoms with E-state index >= 15 is 0 Å². The van der Waals surface area contributed by atoms with Gasteiger partial charge >= 0.3 is 0 Å². The number of aryl methyl sites for hydroxylation is 1. The number of hydrogen-bond acceptors (Lipinski definition) is 5. The third kappa shape index (κ3) is 4.00. The molecule has 1 aromatic carbocycles. The summed E-state index contributed by atoms with van der Waals surface area (Å²) >= 11 is 0. The molecule has 0 atom stereocenters. The molecule has 2 aliphatic rings.